The summed E-state index contributed by atoms with van der Waals surface area (Å²) in [4.78, 5) is 32.0. The molecule has 0 spiro atoms. The minimum atomic E-state index is -0.584. The fraction of sp³-hybridized carbons (Fsp3) is 0.259. The number of rotatable bonds is 6. The molecule has 3 heterocycles. The van der Waals surface area contributed by atoms with Crippen molar-refractivity contribution in [2.75, 3.05) is 10.7 Å². The molecule has 0 bridgehead atoms. The van der Waals surface area contributed by atoms with Crippen LogP contribution in [0.15, 0.2) is 81.9 Å². The summed E-state index contributed by atoms with van der Waals surface area (Å²) in [5.41, 5.74) is 9.31. The Hall–Kier alpha value is -3.81. The van der Waals surface area contributed by atoms with E-state index >= 15 is 0 Å². The Labute approximate surface area is 222 Å². The lowest BCUT2D eigenvalue weighted by Gasteiger charge is -2.42. The second-order valence-corrected chi connectivity index (χ2v) is 11.9. The Bertz CT molecular complexity index is 1470. The molecule has 0 amide bonds. The van der Waals surface area contributed by atoms with Gasteiger partial charge in [-0.3, -0.25) is 19.5 Å². The van der Waals surface area contributed by atoms with Crippen molar-refractivity contribution < 1.29 is 9.59 Å². The summed E-state index contributed by atoms with van der Waals surface area (Å²) in [7, 11) is 0. The lowest BCUT2D eigenvalue weighted by Crippen LogP contribution is -2.42. The van der Waals surface area contributed by atoms with Crippen molar-refractivity contribution in [3.8, 4) is 6.07 Å². The maximum Gasteiger partial charge on any atom is 0.219 e. The van der Waals surface area contributed by atoms with E-state index in [-0.39, 0.29) is 34.1 Å². The van der Waals surface area contributed by atoms with Gasteiger partial charge < -0.3 is 5.73 Å². The average molecular weight is 529 g/mol. The van der Waals surface area contributed by atoms with Crippen molar-refractivity contribution in [3.63, 3.8) is 0 Å². The summed E-state index contributed by atoms with van der Waals surface area (Å²) >= 11 is 2.58. The maximum absolute atomic E-state index is 13.5. The van der Waals surface area contributed by atoms with E-state index in [4.69, 9.17) is 5.73 Å². The standard InChI is InChI=1S/C27H24N6O2S2/c1-27(2)11-19-23(20(34)12-27)22(17-9-6-10-30-14-17)18(13-28)24(29)33(19)25-31-32-26(37-25)36-15-21(35)16-7-4-3-5-8-16/h3-10,14,22H,11-12,15,29H2,1-2H3. The minimum absolute atomic E-state index is 0.00423. The van der Waals surface area contributed by atoms with Crippen molar-refractivity contribution in [3.05, 3.63) is 88.6 Å². The first-order valence-electron chi connectivity index (χ1n) is 11.7. The summed E-state index contributed by atoms with van der Waals surface area (Å²) in [5, 5.41) is 19.2. The van der Waals surface area contributed by atoms with Gasteiger partial charge in [0.2, 0.25) is 5.13 Å². The number of hydrogen-bond donors (Lipinski definition) is 1. The van der Waals surface area contributed by atoms with Gasteiger partial charge in [-0.15, -0.1) is 10.2 Å². The first kappa shape index (κ1) is 24.9. The molecule has 1 aliphatic carbocycles. The van der Waals surface area contributed by atoms with Crippen molar-refractivity contribution in [1.82, 2.24) is 15.2 Å². The average Bonchev–Trinajstić information content (AvgIpc) is 3.35. The third kappa shape index (κ3) is 4.80. The molecule has 8 nitrogen and oxygen atoms in total. The van der Waals surface area contributed by atoms with Crippen LogP contribution in [0.1, 0.15) is 48.5 Å². The van der Waals surface area contributed by atoms with Crippen LogP contribution in [0.5, 0.6) is 0 Å². The van der Waals surface area contributed by atoms with Crippen molar-refractivity contribution >= 4 is 39.8 Å². The highest BCUT2D eigenvalue weighted by Crippen LogP contribution is 2.50. The fourth-order valence-electron chi connectivity index (χ4n) is 4.79. The van der Waals surface area contributed by atoms with Crippen LogP contribution in [0.3, 0.4) is 0 Å². The largest absolute Gasteiger partial charge is 0.384 e. The molecule has 1 aromatic carbocycles. The first-order chi connectivity index (χ1) is 17.8. The van der Waals surface area contributed by atoms with Gasteiger partial charge in [0.05, 0.1) is 23.3 Å². The molecular formula is C27H24N6O2S2. The molecule has 10 heteroatoms. The molecule has 3 aromatic rings. The maximum atomic E-state index is 13.5. The van der Waals surface area contributed by atoms with Crippen LogP contribution in [0.4, 0.5) is 5.13 Å². The van der Waals surface area contributed by atoms with Crippen LogP contribution >= 0.6 is 23.1 Å². The topological polar surface area (TPSA) is 126 Å². The number of carbonyl (C=O) groups is 2. The molecule has 2 aliphatic rings. The highest BCUT2D eigenvalue weighted by molar-refractivity contribution is 8.01. The predicted molar refractivity (Wildman–Crippen MR) is 143 cm³/mol. The summed E-state index contributed by atoms with van der Waals surface area (Å²) in [6, 6.07) is 15.0. The molecule has 37 heavy (non-hydrogen) atoms. The van der Waals surface area contributed by atoms with Crippen LogP contribution in [-0.2, 0) is 4.79 Å². The second-order valence-electron chi connectivity index (χ2n) is 9.70. The molecule has 1 atom stereocenters. The number of carbonyl (C=O) groups excluding carboxylic acids is 2. The van der Waals surface area contributed by atoms with E-state index in [1.54, 1.807) is 35.5 Å². The van der Waals surface area contributed by atoms with Gasteiger partial charge in [0.25, 0.3) is 0 Å². The molecule has 1 aliphatic heterocycles. The van der Waals surface area contributed by atoms with Crippen molar-refractivity contribution in [2.24, 2.45) is 11.1 Å². The number of anilines is 1. The number of allylic oxidation sites excluding steroid dienone is 3. The Morgan fingerprint density at radius 1 is 1.22 bits per heavy atom. The zero-order valence-electron chi connectivity index (χ0n) is 20.3. The normalized spacial score (nSPS) is 19.0. The van der Waals surface area contributed by atoms with Crippen LogP contribution < -0.4 is 10.6 Å². The van der Waals surface area contributed by atoms with Crippen molar-refractivity contribution in [2.45, 2.75) is 36.9 Å². The Balaban J connectivity index is 1.52. The highest BCUT2D eigenvalue weighted by atomic mass is 32.2. The van der Waals surface area contributed by atoms with Gasteiger partial charge in [-0.05, 0) is 23.5 Å². The van der Waals surface area contributed by atoms with Crippen LogP contribution in [0.25, 0.3) is 0 Å². The van der Waals surface area contributed by atoms with E-state index < -0.39 is 5.92 Å². The second kappa shape index (κ2) is 9.92. The number of thioether (sulfide) groups is 1. The summed E-state index contributed by atoms with van der Waals surface area (Å²) < 4.78 is 0.600. The third-order valence-corrected chi connectivity index (χ3v) is 8.45. The molecule has 5 rings (SSSR count). The minimum Gasteiger partial charge on any atom is -0.384 e. The Morgan fingerprint density at radius 3 is 2.70 bits per heavy atom. The molecule has 0 saturated heterocycles. The number of nitrogens with two attached hydrogens (primary N) is 1. The quantitative estimate of drug-likeness (QED) is 0.353. The van der Waals surface area contributed by atoms with E-state index in [1.165, 1.54) is 23.1 Å². The van der Waals surface area contributed by atoms with E-state index in [2.05, 4.69) is 21.3 Å². The lowest BCUT2D eigenvalue weighted by molar-refractivity contribution is -0.118. The monoisotopic (exact) mass is 528 g/mol. The SMILES string of the molecule is CC1(C)CC(=O)C2=C(C1)N(c1nnc(SCC(=O)c3ccccc3)s1)C(N)=C(C#N)C2c1cccnc1. The number of ketones is 2. The number of nitrogens with zero attached hydrogens (tertiary/aromatic N) is 5. The summed E-state index contributed by atoms with van der Waals surface area (Å²) in [6.45, 7) is 4.09. The van der Waals surface area contributed by atoms with E-state index in [0.29, 0.717) is 33.4 Å². The van der Waals surface area contributed by atoms with E-state index in [1.807, 2.05) is 38.1 Å². The van der Waals surface area contributed by atoms with Gasteiger partial charge in [0.15, 0.2) is 15.9 Å². The number of hydrogen-bond acceptors (Lipinski definition) is 10. The third-order valence-electron chi connectivity index (χ3n) is 6.41. The molecule has 0 fully saturated rings. The van der Waals surface area contributed by atoms with Crippen LogP contribution in [0, 0.1) is 16.7 Å². The Morgan fingerprint density at radius 2 is 2.00 bits per heavy atom. The molecule has 2 aromatic heterocycles. The highest BCUT2D eigenvalue weighted by Gasteiger charge is 2.45. The molecule has 0 saturated carbocycles. The molecule has 2 N–H and O–H groups in total. The van der Waals surface area contributed by atoms with E-state index in [0.717, 1.165) is 11.3 Å². The van der Waals surface area contributed by atoms with Gasteiger partial charge >= 0.3 is 0 Å². The smallest absolute Gasteiger partial charge is 0.219 e. The summed E-state index contributed by atoms with van der Waals surface area (Å²) in [6.07, 6.45) is 4.28. The number of benzene rings is 1. The molecule has 186 valence electrons. The molecular weight excluding hydrogens is 504 g/mol. The van der Waals surface area contributed by atoms with Gasteiger partial charge in [-0.1, -0.05) is 73.3 Å². The van der Waals surface area contributed by atoms with Crippen LogP contribution in [0.2, 0.25) is 0 Å². The van der Waals surface area contributed by atoms with Gasteiger partial charge in [-0.25, -0.2) is 0 Å². The van der Waals surface area contributed by atoms with Crippen molar-refractivity contribution in [1.29, 1.82) is 5.26 Å². The number of Topliss-reactive ketones (excluding diaryl/α,β-unsaturated/α-hetero) is 2. The lowest BCUT2D eigenvalue weighted by atomic mass is 9.69. The zero-order valence-corrected chi connectivity index (χ0v) is 22.0. The zero-order chi connectivity index (χ0) is 26.2. The van der Waals surface area contributed by atoms with Gasteiger partial charge in [0, 0.05) is 35.6 Å². The first-order valence-corrected chi connectivity index (χ1v) is 13.5. The number of nitriles is 1. The van der Waals surface area contributed by atoms with Gasteiger partial charge in [0.1, 0.15) is 5.82 Å². The Kier molecular flexibility index (Phi) is 6.67. The molecule has 0 radical (unpaired) electrons. The predicted octanol–water partition coefficient (Wildman–Crippen LogP) is 4.85. The molecule has 1 unspecified atom stereocenters. The number of pyridine rings is 1. The van der Waals surface area contributed by atoms with Crippen LogP contribution in [-0.4, -0.2) is 32.5 Å². The summed E-state index contributed by atoms with van der Waals surface area (Å²) in [5.74, 6) is -0.156. The number of aromatic nitrogens is 3. The van der Waals surface area contributed by atoms with E-state index in [9.17, 15) is 14.9 Å². The fourth-order valence-corrected chi connectivity index (χ4v) is 6.57. The van der Waals surface area contributed by atoms with Gasteiger partial charge in [-0.2, -0.15) is 5.26 Å².